The lowest BCUT2D eigenvalue weighted by molar-refractivity contribution is 0.345. The van der Waals surface area contributed by atoms with Gasteiger partial charge in [0.2, 0.25) is 0 Å². The van der Waals surface area contributed by atoms with E-state index < -0.39 is 0 Å². The molecule has 0 radical (unpaired) electrons. The number of hydrogen-bond donors (Lipinski definition) is 1. The van der Waals surface area contributed by atoms with Crippen LogP contribution in [0.15, 0.2) is 4.99 Å². The summed E-state index contributed by atoms with van der Waals surface area (Å²) in [6.45, 7) is 11.2. The molecule has 0 amide bonds. The molecule has 0 unspecified atom stereocenters. The van der Waals surface area contributed by atoms with Crippen molar-refractivity contribution in [1.29, 1.82) is 0 Å². The summed E-state index contributed by atoms with van der Waals surface area (Å²) < 4.78 is 0. The Morgan fingerprint density at radius 3 is 1.95 bits per heavy atom. The molecule has 0 aromatic heterocycles. The second kappa shape index (κ2) is 9.25. The molecule has 1 rings (SSSR count). The molecule has 3 heteroatoms. The molecular weight excluding hydrogens is 246 g/mol. The lowest BCUT2D eigenvalue weighted by Gasteiger charge is -2.27. The Morgan fingerprint density at radius 1 is 1.00 bits per heavy atom. The van der Waals surface area contributed by atoms with Gasteiger partial charge in [0, 0.05) is 13.1 Å². The molecule has 0 heterocycles. The van der Waals surface area contributed by atoms with Crippen LogP contribution in [0.3, 0.4) is 0 Å². The van der Waals surface area contributed by atoms with Gasteiger partial charge in [-0.2, -0.15) is 0 Å². The zero-order valence-electron chi connectivity index (χ0n) is 14.1. The van der Waals surface area contributed by atoms with Crippen LogP contribution in [0.1, 0.15) is 72.6 Å². The second-order valence-electron chi connectivity index (χ2n) is 7.13. The molecule has 1 fully saturated rings. The minimum atomic E-state index is 0.476. The molecule has 20 heavy (non-hydrogen) atoms. The fourth-order valence-electron chi connectivity index (χ4n) is 2.65. The number of aliphatic imine (C=N–C) groups is 1. The van der Waals surface area contributed by atoms with E-state index in [4.69, 9.17) is 10.7 Å². The molecule has 118 valence electrons. The summed E-state index contributed by atoms with van der Waals surface area (Å²) in [6.07, 6.45) is 8.85. The average Bonchev–Trinajstić information content (AvgIpc) is 2.39. The highest BCUT2D eigenvalue weighted by Gasteiger charge is 2.15. The van der Waals surface area contributed by atoms with Crippen LogP contribution < -0.4 is 5.73 Å². The summed E-state index contributed by atoms with van der Waals surface area (Å²) in [6, 6.07) is 0.476. The largest absolute Gasteiger partial charge is 0.370 e. The number of guanidine groups is 1. The normalized spacial score (nSPS) is 18.0. The third-order valence-corrected chi connectivity index (χ3v) is 4.17. The standard InChI is InChI=1S/C17H35N3/c1-14(2)10-12-20(13-11-15(3)4)17(18)19-16-8-6-5-7-9-16/h14-16H,5-13H2,1-4H3,(H2,18,19). The van der Waals surface area contributed by atoms with E-state index in [1.165, 1.54) is 44.9 Å². The molecule has 1 aliphatic carbocycles. The molecule has 1 aliphatic rings. The smallest absolute Gasteiger partial charge is 0.191 e. The van der Waals surface area contributed by atoms with E-state index in [2.05, 4.69) is 32.6 Å². The van der Waals surface area contributed by atoms with E-state index in [0.29, 0.717) is 6.04 Å². The fourth-order valence-corrected chi connectivity index (χ4v) is 2.65. The number of nitrogens with zero attached hydrogens (tertiary/aromatic N) is 2. The molecule has 3 nitrogen and oxygen atoms in total. The first-order valence-electron chi connectivity index (χ1n) is 8.57. The van der Waals surface area contributed by atoms with Crippen molar-refractivity contribution < 1.29 is 0 Å². The van der Waals surface area contributed by atoms with Gasteiger partial charge in [0.15, 0.2) is 5.96 Å². The molecule has 0 atom stereocenters. The topological polar surface area (TPSA) is 41.6 Å². The van der Waals surface area contributed by atoms with Crippen LogP contribution in [0.2, 0.25) is 0 Å². The maximum atomic E-state index is 6.30. The minimum absolute atomic E-state index is 0.476. The first-order valence-corrected chi connectivity index (χ1v) is 8.57. The van der Waals surface area contributed by atoms with Crippen molar-refractivity contribution in [3.05, 3.63) is 0 Å². The van der Waals surface area contributed by atoms with Crippen LogP contribution in [0.25, 0.3) is 0 Å². The Bertz CT molecular complexity index is 266. The number of nitrogens with two attached hydrogens (primary N) is 1. The Hall–Kier alpha value is -0.730. The first kappa shape index (κ1) is 17.3. The number of hydrogen-bond acceptors (Lipinski definition) is 1. The fraction of sp³-hybridized carbons (Fsp3) is 0.941. The molecule has 1 saturated carbocycles. The predicted octanol–water partition coefficient (Wildman–Crippen LogP) is 4.03. The highest BCUT2D eigenvalue weighted by molar-refractivity contribution is 5.78. The molecule has 0 aliphatic heterocycles. The zero-order chi connectivity index (χ0) is 15.0. The predicted molar refractivity (Wildman–Crippen MR) is 89.0 cm³/mol. The summed E-state index contributed by atoms with van der Waals surface area (Å²) in [4.78, 5) is 7.13. The van der Waals surface area contributed by atoms with Gasteiger partial charge < -0.3 is 10.6 Å². The van der Waals surface area contributed by atoms with Crippen LogP contribution in [0, 0.1) is 11.8 Å². The molecule has 0 aromatic carbocycles. The summed E-state index contributed by atoms with van der Waals surface area (Å²) in [5.41, 5.74) is 6.30. The maximum Gasteiger partial charge on any atom is 0.191 e. The average molecular weight is 281 g/mol. The van der Waals surface area contributed by atoms with E-state index >= 15 is 0 Å². The van der Waals surface area contributed by atoms with Crippen molar-refractivity contribution in [2.24, 2.45) is 22.6 Å². The number of rotatable bonds is 7. The molecule has 0 bridgehead atoms. The van der Waals surface area contributed by atoms with Gasteiger partial charge in [0.1, 0.15) is 0 Å². The molecular formula is C17H35N3. The summed E-state index contributed by atoms with van der Waals surface area (Å²) >= 11 is 0. The van der Waals surface area contributed by atoms with E-state index in [0.717, 1.165) is 30.9 Å². The van der Waals surface area contributed by atoms with E-state index in [1.807, 2.05) is 0 Å². The monoisotopic (exact) mass is 281 g/mol. The third-order valence-electron chi connectivity index (χ3n) is 4.17. The van der Waals surface area contributed by atoms with Gasteiger partial charge in [-0.15, -0.1) is 0 Å². The lowest BCUT2D eigenvalue weighted by atomic mass is 9.96. The van der Waals surface area contributed by atoms with Crippen molar-refractivity contribution in [3.63, 3.8) is 0 Å². The van der Waals surface area contributed by atoms with Crippen molar-refractivity contribution in [1.82, 2.24) is 4.90 Å². The van der Waals surface area contributed by atoms with Crippen LogP contribution in [-0.4, -0.2) is 30.0 Å². The first-order chi connectivity index (χ1) is 9.49. The van der Waals surface area contributed by atoms with E-state index in [9.17, 15) is 0 Å². The highest BCUT2D eigenvalue weighted by Crippen LogP contribution is 2.20. The van der Waals surface area contributed by atoms with Gasteiger partial charge in [0.05, 0.1) is 6.04 Å². The van der Waals surface area contributed by atoms with Gasteiger partial charge in [-0.05, 0) is 37.5 Å². The molecule has 0 aromatic rings. The maximum absolute atomic E-state index is 6.30. The molecule has 2 N–H and O–H groups in total. The Balaban J connectivity index is 2.55. The van der Waals surface area contributed by atoms with Gasteiger partial charge in [-0.1, -0.05) is 47.0 Å². The Kier molecular flexibility index (Phi) is 8.01. The Morgan fingerprint density at radius 2 is 1.50 bits per heavy atom. The molecule has 0 saturated heterocycles. The zero-order valence-corrected chi connectivity index (χ0v) is 14.1. The highest BCUT2D eigenvalue weighted by atomic mass is 15.3. The van der Waals surface area contributed by atoms with Gasteiger partial charge >= 0.3 is 0 Å². The summed E-state index contributed by atoms with van der Waals surface area (Å²) in [7, 11) is 0. The van der Waals surface area contributed by atoms with Crippen LogP contribution in [0.4, 0.5) is 0 Å². The van der Waals surface area contributed by atoms with Crippen molar-refractivity contribution >= 4 is 5.96 Å². The summed E-state index contributed by atoms with van der Waals surface area (Å²) in [5.74, 6) is 2.23. The van der Waals surface area contributed by atoms with Gasteiger partial charge in [-0.25, -0.2) is 4.99 Å². The quantitative estimate of drug-likeness (QED) is 0.565. The van der Waals surface area contributed by atoms with Crippen molar-refractivity contribution in [2.75, 3.05) is 13.1 Å². The van der Waals surface area contributed by atoms with Crippen LogP contribution in [0.5, 0.6) is 0 Å². The van der Waals surface area contributed by atoms with Crippen LogP contribution >= 0.6 is 0 Å². The van der Waals surface area contributed by atoms with Gasteiger partial charge in [-0.3, -0.25) is 0 Å². The minimum Gasteiger partial charge on any atom is -0.370 e. The van der Waals surface area contributed by atoms with E-state index in [-0.39, 0.29) is 0 Å². The van der Waals surface area contributed by atoms with Crippen LogP contribution in [-0.2, 0) is 0 Å². The van der Waals surface area contributed by atoms with Gasteiger partial charge in [0.25, 0.3) is 0 Å². The van der Waals surface area contributed by atoms with Crippen molar-refractivity contribution in [3.8, 4) is 0 Å². The summed E-state index contributed by atoms with van der Waals surface area (Å²) in [5, 5.41) is 0. The molecule has 0 spiro atoms. The van der Waals surface area contributed by atoms with E-state index in [1.54, 1.807) is 0 Å². The Labute approximate surface area is 126 Å². The third kappa shape index (κ3) is 7.16. The lowest BCUT2D eigenvalue weighted by Crippen LogP contribution is -2.40. The SMILES string of the molecule is CC(C)CCN(CCC(C)C)C(N)=NC1CCCCC1. The second-order valence-corrected chi connectivity index (χ2v) is 7.13. The van der Waals surface area contributed by atoms with Crippen molar-refractivity contribution in [2.45, 2.75) is 78.7 Å².